The summed E-state index contributed by atoms with van der Waals surface area (Å²) in [5.74, 6) is 0.0109. The van der Waals surface area contributed by atoms with E-state index in [1.54, 1.807) is 0 Å². The number of sulfonamides is 1. The number of benzene rings is 1. The minimum Gasteiger partial charge on any atom is -0.229 e. The van der Waals surface area contributed by atoms with Crippen LogP contribution in [0.5, 0.6) is 0 Å². The molecule has 5 nitrogen and oxygen atoms in total. The molecule has 0 spiro atoms. The van der Waals surface area contributed by atoms with Crippen molar-refractivity contribution in [2.24, 2.45) is 5.14 Å². The largest absolute Gasteiger partial charge is 0.317 e. The Morgan fingerprint density at radius 2 is 1.41 bits per heavy atom. The Bertz CT molecular complexity index is 520. The molecule has 1 aromatic rings. The third-order valence-corrected chi connectivity index (χ3v) is 2.29. The van der Waals surface area contributed by atoms with Gasteiger partial charge in [0.25, 0.3) is 0 Å². The second-order valence-corrected chi connectivity index (χ2v) is 8.38. The summed E-state index contributed by atoms with van der Waals surface area (Å²) in [6, 6.07) is 9.40. The lowest BCUT2D eigenvalue weighted by Gasteiger charge is -1.98. The summed E-state index contributed by atoms with van der Waals surface area (Å²) in [4.78, 5) is 0. The van der Waals surface area contributed by atoms with Crippen LogP contribution in [-0.2, 0) is 24.7 Å². The number of hydrogen-bond donors (Lipinski definition) is 1. The van der Waals surface area contributed by atoms with Crippen LogP contribution in [0.3, 0.4) is 0 Å². The van der Waals surface area contributed by atoms with E-state index in [9.17, 15) is 8.42 Å². The van der Waals surface area contributed by atoms with Gasteiger partial charge >= 0.3 is 8.26 Å². The number of rotatable bonds is 3. The molecule has 0 heterocycles. The molecule has 0 fully saturated rings. The Morgan fingerprint density at radius 1 is 1.00 bits per heavy atom. The molecule has 0 bridgehead atoms. The standard InChI is InChI=1S/C8H11NO2S.Cl2O2S/c9-12(10,11)7-6-8-4-2-1-3-5-8;1-5(2,3)4/h1-5H,6-7H2,(H2,9,10,11);. The first kappa shape index (κ1) is 16.7. The number of aryl methyl sites for hydroxylation is 1. The van der Waals surface area contributed by atoms with Gasteiger partial charge in [0.15, 0.2) is 0 Å². The van der Waals surface area contributed by atoms with Gasteiger partial charge in [-0.3, -0.25) is 0 Å². The highest BCUT2D eigenvalue weighted by Gasteiger charge is 2.01. The predicted molar refractivity (Wildman–Crippen MR) is 68.7 cm³/mol. The molecule has 0 aromatic heterocycles. The summed E-state index contributed by atoms with van der Waals surface area (Å²) in [6.07, 6.45) is 0.486. The first-order valence-electron chi connectivity index (χ1n) is 4.26. The summed E-state index contributed by atoms with van der Waals surface area (Å²) < 4.78 is 39.5. The molecule has 0 aliphatic carbocycles. The number of halogens is 2. The summed E-state index contributed by atoms with van der Waals surface area (Å²) in [6.45, 7) is 0. The van der Waals surface area contributed by atoms with Crippen molar-refractivity contribution in [1.82, 2.24) is 0 Å². The van der Waals surface area contributed by atoms with Gasteiger partial charge in [0.05, 0.1) is 5.75 Å². The first-order chi connectivity index (χ1) is 7.58. The Balaban J connectivity index is 0.000000437. The lowest BCUT2D eigenvalue weighted by molar-refractivity contribution is 0.597. The monoisotopic (exact) mass is 319 g/mol. The molecule has 0 saturated carbocycles. The molecule has 2 N–H and O–H groups in total. The molecule has 9 heteroatoms. The summed E-state index contributed by atoms with van der Waals surface area (Å²) >= 11 is 0. The topological polar surface area (TPSA) is 94.3 Å². The van der Waals surface area contributed by atoms with E-state index in [2.05, 4.69) is 21.4 Å². The molecule has 0 aliphatic heterocycles. The Morgan fingerprint density at radius 3 is 1.76 bits per heavy atom. The predicted octanol–water partition coefficient (Wildman–Crippen LogP) is 1.23. The molecule has 0 unspecified atom stereocenters. The summed E-state index contributed by atoms with van der Waals surface area (Å²) in [5, 5.41) is 4.86. The Kier molecular flexibility index (Phi) is 7.03. The van der Waals surface area contributed by atoms with Crippen molar-refractivity contribution in [3.8, 4) is 0 Å². The fourth-order valence-corrected chi connectivity index (χ4v) is 1.43. The zero-order valence-corrected chi connectivity index (χ0v) is 11.7. The lowest BCUT2D eigenvalue weighted by Crippen LogP contribution is -2.17. The van der Waals surface area contributed by atoms with Gasteiger partial charge in [0.2, 0.25) is 10.0 Å². The van der Waals surface area contributed by atoms with Crippen molar-refractivity contribution >= 4 is 39.7 Å². The van der Waals surface area contributed by atoms with Crippen LogP contribution >= 0.6 is 21.4 Å². The average Bonchev–Trinajstić information content (AvgIpc) is 2.13. The third kappa shape index (κ3) is 15.7. The normalized spacial score (nSPS) is 11.5. The van der Waals surface area contributed by atoms with Crippen molar-refractivity contribution in [2.75, 3.05) is 5.75 Å². The SMILES string of the molecule is NS(=O)(=O)CCc1ccccc1.O=S(=O)(Cl)Cl. The van der Waals surface area contributed by atoms with E-state index in [-0.39, 0.29) is 5.75 Å². The second-order valence-electron chi connectivity index (χ2n) is 2.98. The van der Waals surface area contributed by atoms with E-state index in [0.717, 1.165) is 5.56 Å². The van der Waals surface area contributed by atoms with Gasteiger partial charge in [-0.15, -0.1) is 0 Å². The van der Waals surface area contributed by atoms with E-state index in [0.29, 0.717) is 6.42 Å². The average molecular weight is 320 g/mol. The van der Waals surface area contributed by atoms with Gasteiger partial charge in [-0.05, 0) is 12.0 Å². The van der Waals surface area contributed by atoms with Gasteiger partial charge in [-0.2, -0.15) is 8.42 Å². The minimum atomic E-state index is -3.72. The maximum Gasteiger partial charge on any atom is 0.317 e. The third-order valence-electron chi connectivity index (χ3n) is 1.52. The molecule has 0 amide bonds. The second kappa shape index (κ2) is 7.17. The summed E-state index contributed by atoms with van der Waals surface area (Å²) in [7, 11) is 1.49. The highest BCUT2D eigenvalue weighted by Crippen LogP contribution is 2.00. The lowest BCUT2D eigenvalue weighted by atomic mass is 10.2. The first-order valence-corrected chi connectivity index (χ1v) is 9.11. The van der Waals surface area contributed by atoms with Crippen LogP contribution in [0, 0.1) is 0 Å². The number of hydrogen-bond acceptors (Lipinski definition) is 4. The van der Waals surface area contributed by atoms with Gasteiger partial charge in [-0.1, -0.05) is 30.3 Å². The Hall–Kier alpha value is -0.340. The molecule has 1 rings (SSSR count). The smallest absolute Gasteiger partial charge is 0.229 e. The fourth-order valence-electron chi connectivity index (χ4n) is 0.905. The van der Waals surface area contributed by atoms with Crippen molar-refractivity contribution in [2.45, 2.75) is 6.42 Å². The van der Waals surface area contributed by atoms with E-state index >= 15 is 0 Å². The zero-order valence-electron chi connectivity index (χ0n) is 8.58. The number of nitrogens with two attached hydrogens (primary N) is 1. The van der Waals surface area contributed by atoms with Crippen LogP contribution in [-0.4, -0.2) is 22.6 Å². The van der Waals surface area contributed by atoms with Crippen LogP contribution in [0.4, 0.5) is 0 Å². The van der Waals surface area contributed by atoms with Crippen molar-refractivity contribution in [1.29, 1.82) is 0 Å². The molecule has 0 radical (unpaired) electrons. The van der Waals surface area contributed by atoms with E-state index < -0.39 is 18.3 Å². The summed E-state index contributed by atoms with van der Waals surface area (Å²) in [5.41, 5.74) is 0.992. The van der Waals surface area contributed by atoms with Crippen LogP contribution < -0.4 is 5.14 Å². The van der Waals surface area contributed by atoms with E-state index in [4.69, 9.17) is 13.6 Å². The highest BCUT2D eigenvalue weighted by atomic mass is 36.0. The zero-order chi connectivity index (χ0) is 13.5. The fraction of sp³-hybridized carbons (Fsp3) is 0.250. The maximum atomic E-state index is 10.6. The van der Waals surface area contributed by atoms with Crippen molar-refractivity contribution in [3.63, 3.8) is 0 Å². The Labute approximate surface area is 110 Å². The van der Waals surface area contributed by atoms with Crippen LogP contribution in [0.25, 0.3) is 0 Å². The van der Waals surface area contributed by atoms with Crippen molar-refractivity contribution in [3.05, 3.63) is 35.9 Å². The quantitative estimate of drug-likeness (QED) is 0.847. The van der Waals surface area contributed by atoms with Gasteiger partial charge in [-0.25, -0.2) is 13.6 Å². The van der Waals surface area contributed by atoms with Gasteiger partial charge in [0.1, 0.15) is 0 Å². The molecular weight excluding hydrogens is 309 g/mol. The van der Waals surface area contributed by atoms with Crippen LogP contribution in [0.15, 0.2) is 30.3 Å². The molecule has 98 valence electrons. The van der Waals surface area contributed by atoms with Crippen LogP contribution in [0.1, 0.15) is 5.56 Å². The molecule has 17 heavy (non-hydrogen) atoms. The highest BCUT2D eigenvalue weighted by molar-refractivity contribution is 8.31. The molecule has 0 atom stereocenters. The van der Waals surface area contributed by atoms with Crippen molar-refractivity contribution < 1.29 is 16.8 Å². The molecule has 0 saturated heterocycles. The molecule has 1 aromatic carbocycles. The van der Waals surface area contributed by atoms with Gasteiger partial charge < -0.3 is 0 Å². The van der Waals surface area contributed by atoms with Gasteiger partial charge in [0, 0.05) is 21.4 Å². The molecular formula is C8H11Cl2NO4S2. The molecule has 0 aliphatic rings. The minimum absolute atomic E-state index is 0.0109. The van der Waals surface area contributed by atoms with E-state index in [1.807, 2.05) is 30.3 Å². The number of primary sulfonamides is 1. The van der Waals surface area contributed by atoms with Crippen LogP contribution in [0.2, 0.25) is 0 Å². The maximum absolute atomic E-state index is 10.6. The van der Waals surface area contributed by atoms with E-state index in [1.165, 1.54) is 0 Å².